The maximum absolute atomic E-state index is 5.75. The van der Waals surface area contributed by atoms with Gasteiger partial charge in [0.05, 0.1) is 12.1 Å². The Bertz CT molecular complexity index is 281. The van der Waals surface area contributed by atoms with Gasteiger partial charge in [0, 0.05) is 13.7 Å². The zero-order chi connectivity index (χ0) is 9.87. The first-order valence-electron chi connectivity index (χ1n) is 5.31. The number of ether oxygens (including phenoxy) is 1. The molecule has 1 aliphatic heterocycles. The highest BCUT2D eigenvalue weighted by molar-refractivity contribution is 7.80. The Kier molecular flexibility index (Phi) is 1.80. The van der Waals surface area contributed by atoms with E-state index in [4.69, 9.17) is 22.7 Å². The lowest BCUT2D eigenvalue weighted by Crippen LogP contribution is -2.46. The summed E-state index contributed by atoms with van der Waals surface area (Å²) in [5.74, 6) is 2.39. The molecule has 1 saturated heterocycles. The van der Waals surface area contributed by atoms with Crippen molar-refractivity contribution in [2.24, 2.45) is 23.5 Å². The molecule has 0 radical (unpaired) electrons. The van der Waals surface area contributed by atoms with Crippen LogP contribution in [0, 0.1) is 17.8 Å². The SMILES string of the molecule is COC1C2CC3CN(C(N)=S)C1C3C2. The maximum Gasteiger partial charge on any atom is 0.166 e. The largest absolute Gasteiger partial charge is 0.379 e. The van der Waals surface area contributed by atoms with E-state index < -0.39 is 0 Å². The lowest BCUT2D eigenvalue weighted by molar-refractivity contribution is 0.0246. The third-order valence-corrected chi connectivity index (χ3v) is 4.61. The van der Waals surface area contributed by atoms with Crippen LogP contribution in [-0.4, -0.2) is 35.8 Å². The minimum absolute atomic E-state index is 0.375. The van der Waals surface area contributed by atoms with E-state index in [1.807, 2.05) is 7.11 Å². The number of rotatable bonds is 1. The number of thiocarbonyl (C=S) groups is 1. The van der Waals surface area contributed by atoms with Gasteiger partial charge in [0.1, 0.15) is 0 Å². The molecule has 0 amide bonds. The fourth-order valence-corrected chi connectivity index (χ4v) is 4.17. The molecule has 2 aliphatic carbocycles. The summed E-state index contributed by atoms with van der Waals surface area (Å²) in [6.07, 6.45) is 3.02. The van der Waals surface area contributed by atoms with Crippen LogP contribution in [0.3, 0.4) is 0 Å². The molecule has 0 aromatic carbocycles. The molecule has 2 N–H and O–H groups in total. The molecule has 3 aliphatic rings. The van der Waals surface area contributed by atoms with Gasteiger partial charge in [-0.2, -0.15) is 0 Å². The number of methoxy groups -OCH3 is 1. The highest BCUT2D eigenvalue weighted by Gasteiger charge is 2.59. The van der Waals surface area contributed by atoms with Crippen molar-refractivity contribution in [2.75, 3.05) is 13.7 Å². The fourth-order valence-electron chi connectivity index (χ4n) is 3.97. The van der Waals surface area contributed by atoms with Crippen LogP contribution in [0.5, 0.6) is 0 Å². The molecule has 14 heavy (non-hydrogen) atoms. The maximum atomic E-state index is 5.75. The Morgan fingerprint density at radius 2 is 2.21 bits per heavy atom. The normalized spacial score (nSPS) is 48.9. The molecule has 2 saturated carbocycles. The van der Waals surface area contributed by atoms with Gasteiger partial charge in [-0.3, -0.25) is 0 Å². The molecule has 0 spiro atoms. The van der Waals surface area contributed by atoms with Crippen molar-refractivity contribution in [3.8, 4) is 0 Å². The molecule has 5 atom stereocenters. The summed E-state index contributed by atoms with van der Waals surface area (Å²) in [5, 5.41) is 0.562. The molecule has 4 heteroatoms. The first-order valence-corrected chi connectivity index (χ1v) is 5.72. The molecular formula is C10H16N2OS. The van der Waals surface area contributed by atoms with Gasteiger partial charge in [-0.1, -0.05) is 0 Å². The topological polar surface area (TPSA) is 38.5 Å². The summed E-state index contributed by atoms with van der Waals surface area (Å²) < 4.78 is 5.60. The van der Waals surface area contributed by atoms with Gasteiger partial charge >= 0.3 is 0 Å². The van der Waals surface area contributed by atoms with E-state index in [1.165, 1.54) is 12.8 Å². The molecule has 3 fully saturated rings. The molecule has 1 heterocycles. The van der Waals surface area contributed by atoms with Crippen molar-refractivity contribution in [2.45, 2.75) is 25.0 Å². The van der Waals surface area contributed by atoms with Crippen LogP contribution in [0.15, 0.2) is 0 Å². The lowest BCUT2D eigenvalue weighted by atomic mass is 9.88. The Hall–Kier alpha value is -0.350. The predicted octanol–water partition coefficient (Wildman–Crippen LogP) is 0.585. The Morgan fingerprint density at radius 1 is 1.43 bits per heavy atom. The second kappa shape index (κ2) is 2.83. The van der Waals surface area contributed by atoms with E-state index in [9.17, 15) is 0 Å². The highest BCUT2D eigenvalue weighted by Crippen LogP contribution is 2.55. The summed E-state index contributed by atoms with van der Waals surface area (Å²) >= 11 is 5.10. The van der Waals surface area contributed by atoms with Crippen LogP contribution in [0.2, 0.25) is 0 Å². The molecule has 0 aromatic rings. The zero-order valence-corrected chi connectivity index (χ0v) is 9.17. The second-order valence-electron chi connectivity index (χ2n) is 4.84. The monoisotopic (exact) mass is 212 g/mol. The fraction of sp³-hybridized carbons (Fsp3) is 0.900. The Labute approximate surface area is 89.6 Å². The van der Waals surface area contributed by atoms with Crippen molar-refractivity contribution in [1.29, 1.82) is 0 Å². The van der Waals surface area contributed by atoms with Crippen LogP contribution in [-0.2, 0) is 4.74 Å². The summed E-state index contributed by atoms with van der Waals surface area (Å²) in [5.41, 5.74) is 5.75. The molecule has 2 bridgehead atoms. The predicted molar refractivity (Wildman–Crippen MR) is 57.8 cm³/mol. The van der Waals surface area contributed by atoms with Gasteiger partial charge in [0.25, 0.3) is 0 Å². The van der Waals surface area contributed by atoms with Gasteiger partial charge < -0.3 is 15.4 Å². The van der Waals surface area contributed by atoms with Crippen molar-refractivity contribution in [1.82, 2.24) is 4.90 Å². The number of likely N-dealkylation sites (tertiary alicyclic amines) is 1. The first-order chi connectivity index (χ1) is 6.72. The Morgan fingerprint density at radius 3 is 2.86 bits per heavy atom. The summed E-state index contributed by atoms with van der Waals surface area (Å²) in [6, 6.07) is 0.487. The number of hydrogen-bond acceptors (Lipinski definition) is 2. The van der Waals surface area contributed by atoms with E-state index in [1.54, 1.807) is 0 Å². The van der Waals surface area contributed by atoms with Crippen molar-refractivity contribution in [3.63, 3.8) is 0 Å². The Balaban J connectivity index is 1.92. The second-order valence-corrected chi connectivity index (χ2v) is 5.26. The zero-order valence-electron chi connectivity index (χ0n) is 8.35. The molecule has 78 valence electrons. The number of hydrogen-bond donors (Lipinski definition) is 1. The molecular weight excluding hydrogens is 196 g/mol. The van der Waals surface area contributed by atoms with Crippen LogP contribution in [0.25, 0.3) is 0 Å². The average Bonchev–Trinajstić information content (AvgIpc) is 2.70. The van der Waals surface area contributed by atoms with Crippen LogP contribution < -0.4 is 5.73 Å². The van der Waals surface area contributed by atoms with Gasteiger partial charge in [-0.05, 0) is 42.8 Å². The first kappa shape index (κ1) is 8.92. The quantitative estimate of drug-likeness (QED) is 0.646. The van der Waals surface area contributed by atoms with Gasteiger partial charge in [-0.15, -0.1) is 0 Å². The number of nitrogens with two attached hydrogens (primary N) is 1. The van der Waals surface area contributed by atoms with Crippen LogP contribution in [0.4, 0.5) is 0 Å². The van der Waals surface area contributed by atoms with E-state index in [-0.39, 0.29) is 0 Å². The lowest BCUT2D eigenvalue weighted by Gasteiger charge is -2.31. The third-order valence-electron chi connectivity index (χ3n) is 4.37. The third kappa shape index (κ3) is 0.932. The van der Waals surface area contributed by atoms with Crippen LogP contribution >= 0.6 is 12.2 Å². The van der Waals surface area contributed by atoms with E-state index >= 15 is 0 Å². The standard InChI is InChI=1S/C10H16N2OS/c1-13-9-5-2-6-4-12(10(11)14)8(9)7(6)3-5/h5-9H,2-4H2,1H3,(H2,11,14). The van der Waals surface area contributed by atoms with Gasteiger partial charge in [0.2, 0.25) is 0 Å². The average molecular weight is 212 g/mol. The van der Waals surface area contributed by atoms with E-state index in [0.717, 1.165) is 24.3 Å². The molecule has 3 rings (SSSR count). The smallest absolute Gasteiger partial charge is 0.166 e. The van der Waals surface area contributed by atoms with E-state index in [2.05, 4.69) is 4.90 Å². The minimum atomic E-state index is 0.375. The van der Waals surface area contributed by atoms with Crippen molar-refractivity contribution in [3.05, 3.63) is 0 Å². The molecule has 5 unspecified atom stereocenters. The van der Waals surface area contributed by atoms with Crippen molar-refractivity contribution < 1.29 is 4.74 Å². The van der Waals surface area contributed by atoms with E-state index in [0.29, 0.717) is 17.3 Å². The number of fused-ring (bicyclic) bond motifs is 1. The number of nitrogens with zero attached hydrogens (tertiary/aromatic N) is 1. The summed E-state index contributed by atoms with van der Waals surface area (Å²) in [4.78, 5) is 2.20. The van der Waals surface area contributed by atoms with Crippen LogP contribution in [0.1, 0.15) is 12.8 Å². The van der Waals surface area contributed by atoms with Gasteiger partial charge in [0.15, 0.2) is 5.11 Å². The summed E-state index contributed by atoms with van der Waals surface area (Å²) in [7, 11) is 1.82. The van der Waals surface area contributed by atoms with Gasteiger partial charge in [-0.25, -0.2) is 0 Å². The van der Waals surface area contributed by atoms with Crippen molar-refractivity contribution >= 4 is 17.3 Å². The summed E-state index contributed by atoms with van der Waals surface area (Å²) in [6.45, 7) is 1.07. The minimum Gasteiger partial charge on any atom is -0.379 e. The highest BCUT2D eigenvalue weighted by atomic mass is 32.1. The molecule has 0 aromatic heterocycles. The molecule has 3 nitrogen and oxygen atoms in total.